The molecule has 0 saturated carbocycles. The quantitative estimate of drug-likeness (QED) is 0.850. The molecular formula is C19H26Cl2N2O. The molecule has 3 nitrogen and oxygen atoms in total. The summed E-state index contributed by atoms with van der Waals surface area (Å²) in [5, 5.41) is 4.62. The molecule has 5 heteroatoms. The number of nitrogens with zero attached hydrogens (tertiary/aromatic N) is 1. The fourth-order valence-corrected chi connectivity index (χ4v) is 4.60. The van der Waals surface area contributed by atoms with Crippen molar-refractivity contribution in [1.29, 1.82) is 0 Å². The molecule has 2 atom stereocenters. The molecule has 0 radical (unpaired) electrons. The Bertz CT molecular complexity index is 618. The summed E-state index contributed by atoms with van der Waals surface area (Å²) >= 11 is 12.6. The van der Waals surface area contributed by atoms with E-state index in [1.165, 1.54) is 24.0 Å². The molecule has 0 spiro atoms. The van der Waals surface area contributed by atoms with E-state index in [-0.39, 0.29) is 11.8 Å². The van der Waals surface area contributed by atoms with Crippen molar-refractivity contribution in [3.63, 3.8) is 0 Å². The Morgan fingerprint density at radius 1 is 1.33 bits per heavy atom. The van der Waals surface area contributed by atoms with Gasteiger partial charge in [-0.25, -0.2) is 0 Å². The highest BCUT2D eigenvalue weighted by molar-refractivity contribution is 6.35. The van der Waals surface area contributed by atoms with Crippen LogP contribution >= 0.6 is 23.2 Å². The summed E-state index contributed by atoms with van der Waals surface area (Å²) in [6.07, 6.45) is 4.51. The van der Waals surface area contributed by atoms with Crippen LogP contribution in [0.25, 0.3) is 0 Å². The first-order valence-electron chi connectivity index (χ1n) is 8.95. The maximum absolute atomic E-state index is 11.8. The van der Waals surface area contributed by atoms with Crippen LogP contribution in [0.2, 0.25) is 10.0 Å². The molecule has 1 heterocycles. The lowest BCUT2D eigenvalue weighted by Gasteiger charge is -2.37. The van der Waals surface area contributed by atoms with Gasteiger partial charge < -0.3 is 5.32 Å². The monoisotopic (exact) mass is 368 g/mol. The topological polar surface area (TPSA) is 32.3 Å². The van der Waals surface area contributed by atoms with E-state index in [9.17, 15) is 4.79 Å². The average molecular weight is 369 g/mol. The van der Waals surface area contributed by atoms with E-state index in [1.54, 1.807) is 0 Å². The number of rotatable bonds is 4. The minimum absolute atomic E-state index is 0.0516. The van der Waals surface area contributed by atoms with E-state index in [2.05, 4.69) is 16.3 Å². The van der Waals surface area contributed by atoms with Crippen LogP contribution in [0.15, 0.2) is 12.1 Å². The smallest absolute Gasteiger partial charge is 0.222 e. The number of hydrogen-bond acceptors (Lipinski definition) is 2. The molecule has 24 heavy (non-hydrogen) atoms. The van der Waals surface area contributed by atoms with Crippen molar-refractivity contribution in [3.05, 3.63) is 33.3 Å². The molecule has 1 aliphatic carbocycles. The lowest BCUT2D eigenvalue weighted by Crippen LogP contribution is -2.42. The van der Waals surface area contributed by atoms with Gasteiger partial charge in [-0.1, -0.05) is 37.0 Å². The molecule has 0 bridgehead atoms. The maximum atomic E-state index is 11.8. The first-order chi connectivity index (χ1) is 11.5. The summed E-state index contributed by atoms with van der Waals surface area (Å²) in [6, 6.07) is 4.36. The molecule has 1 aliphatic heterocycles. The first kappa shape index (κ1) is 18.0. The molecule has 0 unspecified atom stereocenters. The molecule has 3 rings (SSSR count). The number of benzene rings is 1. The molecule has 1 fully saturated rings. The van der Waals surface area contributed by atoms with Gasteiger partial charge in [-0.3, -0.25) is 9.69 Å². The second-order valence-electron chi connectivity index (χ2n) is 7.41. The maximum Gasteiger partial charge on any atom is 0.222 e. The van der Waals surface area contributed by atoms with Crippen molar-refractivity contribution < 1.29 is 4.79 Å². The van der Waals surface area contributed by atoms with Gasteiger partial charge in [0.2, 0.25) is 5.91 Å². The van der Waals surface area contributed by atoms with E-state index in [0.717, 1.165) is 42.5 Å². The number of piperidine rings is 1. The van der Waals surface area contributed by atoms with E-state index >= 15 is 0 Å². The van der Waals surface area contributed by atoms with Crippen LogP contribution in [-0.2, 0) is 11.2 Å². The van der Waals surface area contributed by atoms with Gasteiger partial charge in [0.15, 0.2) is 0 Å². The zero-order valence-corrected chi connectivity index (χ0v) is 16.0. The summed E-state index contributed by atoms with van der Waals surface area (Å²) in [7, 11) is 0. The number of carbonyl (C=O) groups is 1. The summed E-state index contributed by atoms with van der Waals surface area (Å²) in [5.74, 6) is 0.729. The molecule has 1 aromatic carbocycles. The number of likely N-dealkylation sites (tertiary alicyclic amines) is 1. The fourth-order valence-electron chi connectivity index (χ4n) is 4.00. The highest BCUT2D eigenvalue weighted by atomic mass is 35.5. The molecule has 1 saturated heterocycles. The van der Waals surface area contributed by atoms with Crippen LogP contribution in [-0.4, -0.2) is 30.4 Å². The van der Waals surface area contributed by atoms with Gasteiger partial charge in [-0.15, -0.1) is 0 Å². The van der Waals surface area contributed by atoms with Crippen LogP contribution in [0.5, 0.6) is 0 Å². The van der Waals surface area contributed by atoms with Crippen molar-refractivity contribution in [2.45, 2.75) is 45.6 Å². The van der Waals surface area contributed by atoms with E-state index in [4.69, 9.17) is 23.2 Å². The number of nitrogens with one attached hydrogen (secondary N) is 1. The Morgan fingerprint density at radius 2 is 2.12 bits per heavy atom. The third-order valence-electron chi connectivity index (χ3n) is 5.30. The highest BCUT2D eigenvalue weighted by Gasteiger charge is 2.32. The van der Waals surface area contributed by atoms with Gasteiger partial charge in [0.25, 0.3) is 0 Å². The molecule has 1 amide bonds. The Labute approximate surface area is 154 Å². The minimum atomic E-state index is 0.0516. The van der Waals surface area contributed by atoms with Gasteiger partial charge in [0, 0.05) is 35.1 Å². The average Bonchev–Trinajstić information content (AvgIpc) is 2.96. The van der Waals surface area contributed by atoms with E-state index in [0.29, 0.717) is 12.0 Å². The Hall–Kier alpha value is -0.770. The predicted octanol–water partition coefficient (Wildman–Crippen LogP) is 4.46. The number of halogens is 2. The van der Waals surface area contributed by atoms with Gasteiger partial charge >= 0.3 is 0 Å². The molecule has 1 N–H and O–H groups in total. The number of carbonyl (C=O) groups excluding carboxylic acids is 1. The second-order valence-corrected chi connectivity index (χ2v) is 8.26. The summed E-state index contributed by atoms with van der Waals surface area (Å²) in [6.45, 7) is 6.80. The molecule has 1 aromatic rings. The summed E-state index contributed by atoms with van der Waals surface area (Å²) in [4.78, 5) is 14.4. The van der Waals surface area contributed by atoms with Crippen LogP contribution in [0.4, 0.5) is 0 Å². The van der Waals surface area contributed by atoms with Gasteiger partial charge in [0.05, 0.1) is 0 Å². The highest BCUT2D eigenvalue weighted by Crippen LogP contribution is 2.42. The zero-order chi connectivity index (χ0) is 17.3. The van der Waals surface area contributed by atoms with Crippen molar-refractivity contribution in [2.24, 2.45) is 11.8 Å². The van der Waals surface area contributed by atoms with E-state index in [1.807, 2.05) is 19.9 Å². The fraction of sp³-hybridized carbons (Fsp3) is 0.632. The van der Waals surface area contributed by atoms with Crippen molar-refractivity contribution in [1.82, 2.24) is 10.2 Å². The van der Waals surface area contributed by atoms with Crippen LogP contribution < -0.4 is 5.32 Å². The first-order valence-corrected chi connectivity index (χ1v) is 9.71. The van der Waals surface area contributed by atoms with Gasteiger partial charge in [-0.2, -0.15) is 0 Å². The summed E-state index contributed by atoms with van der Waals surface area (Å²) in [5.41, 5.74) is 2.57. The van der Waals surface area contributed by atoms with Crippen molar-refractivity contribution in [2.75, 3.05) is 19.6 Å². The van der Waals surface area contributed by atoms with Crippen molar-refractivity contribution in [3.8, 4) is 0 Å². The Morgan fingerprint density at radius 3 is 2.88 bits per heavy atom. The molecule has 132 valence electrons. The zero-order valence-electron chi connectivity index (χ0n) is 14.4. The predicted molar refractivity (Wildman–Crippen MR) is 99.7 cm³/mol. The van der Waals surface area contributed by atoms with Crippen LogP contribution in [0.3, 0.4) is 0 Å². The standard InChI is InChI=1S/C19H26Cl2N2O/c1-12(2)19(24)22-10-13-4-3-7-23(11-13)18-6-5-15-16(18)8-14(20)9-17(15)21/h8-9,12-13,18H,3-7,10-11H2,1-2H3,(H,22,24)/t13-,18-/m0/s1. The number of amides is 1. The third kappa shape index (κ3) is 3.89. The summed E-state index contributed by atoms with van der Waals surface area (Å²) < 4.78 is 0. The largest absolute Gasteiger partial charge is 0.356 e. The normalized spacial score (nSPS) is 24.2. The Kier molecular flexibility index (Phi) is 5.74. The SMILES string of the molecule is CC(C)C(=O)NC[C@@H]1CCCN([C@H]2CCc3c(Cl)cc(Cl)cc32)C1. The molecule has 2 aliphatic rings. The lowest BCUT2D eigenvalue weighted by molar-refractivity contribution is -0.124. The van der Waals surface area contributed by atoms with E-state index < -0.39 is 0 Å². The number of hydrogen-bond donors (Lipinski definition) is 1. The molecular weight excluding hydrogens is 343 g/mol. The third-order valence-corrected chi connectivity index (χ3v) is 5.86. The van der Waals surface area contributed by atoms with Gasteiger partial charge in [-0.05, 0) is 61.4 Å². The lowest BCUT2D eigenvalue weighted by atomic mass is 9.95. The van der Waals surface area contributed by atoms with Crippen molar-refractivity contribution >= 4 is 29.1 Å². The number of fused-ring (bicyclic) bond motifs is 1. The molecule has 0 aromatic heterocycles. The second kappa shape index (κ2) is 7.63. The van der Waals surface area contributed by atoms with Crippen LogP contribution in [0, 0.1) is 11.8 Å². The Balaban J connectivity index is 1.66. The minimum Gasteiger partial charge on any atom is -0.356 e. The van der Waals surface area contributed by atoms with Gasteiger partial charge in [0.1, 0.15) is 0 Å². The van der Waals surface area contributed by atoms with Crippen LogP contribution in [0.1, 0.15) is 50.3 Å².